The van der Waals surface area contributed by atoms with Crippen LogP contribution in [0.3, 0.4) is 0 Å². The van der Waals surface area contributed by atoms with Crippen LogP contribution in [0.1, 0.15) is 48.4 Å². The van der Waals surface area contributed by atoms with Crippen LogP contribution in [-0.4, -0.2) is 78.1 Å². The standard InChI is InChI=1S/C19H15FN2O4.C11H10Cl2F2N4O3S.C8H6Cl2O3/c1-2-7-21-15-9-14(13(20)8-16(15)26-10-17(21)23)22-18(24)11-5-3-4-6-12(11)19(22)25;1-5-16-19(11(20)18(5)10(14)15)9-4-8(17-23(2,21)22)6(12)3-7(9)13;1-13-7-5(10)3-2-4(9)6(7)8(11)12/h1,8-9H,3-7,10H2;3-4,10,17H,1-2H3;2-3H,1H3,(H,11,12). The van der Waals surface area contributed by atoms with Crippen LogP contribution in [0.4, 0.5) is 30.2 Å². The van der Waals surface area contributed by atoms with Crippen molar-refractivity contribution in [2.45, 2.75) is 39.2 Å². The highest BCUT2D eigenvalue weighted by molar-refractivity contribution is 7.92. The topological polar surface area (TPSA) is 199 Å². The number of aromatic carboxylic acids is 1. The van der Waals surface area contributed by atoms with Gasteiger partial charge < -0.3 is 14.6 Å². The molecule has 3 aromatic carbocycles. The van der Waals surface area contributed by atoms with Crippen molar-refractivity contribution >= 4 is 97.2 Å². The molecule has 4 aromatic rings. The summed E-state index contributed by atoms with van der Waals surface area (Å²) in [6.07, 6.45) is 8.91. The lowest BCUT2D eigenvalue weighted by Gasteiger charge is -2.29. The molecule has 0 spiro atoms. The number of alkyl halides is 2. The van der Waals surface area contributed by atoms with Gasteiger partial charge in [0.05, 0.1) is 62.8 Å². The minimum Gasteiger partial charge on any atom is -0.494 e. The van der Waals surface area contributed by atoms with E-state index in [4.69, 9.17) is 67.4 Å². The Kier molecular flexibility index (Phi) is 14.6. The summed E-state index contributed by atoms with van der Waals surface area (Å²) in [5.41, 5.74) is -0.393. The second kappa shape index (κ2) is 19.1. The number of fused-ring (bicyclic) bond motifs is 1. The first-order valence-electron chi connectivity index (χ1n) is 17.6. The van der Waals surface area contributed by atoms with E-state index in [1.54, 1.807) is 0 Å². The molecule has 0 fully saturated rings. The fourth-order valence-electron chi connectivity index (χ4n) is 6.37. The Balaban J connectivity index is 0.000000185. The first-order valence-corrected chi connectivity index (χ1v) is 21.0. The van der Waals surface area contributed by atoms with Crippen LogP contribution in [0.15, 0.2) is 52.3 Å². The monoisotopic (exact) mass is 960 g/mol. The number of anilines is 3. The number of carboxylic acids is 1. The van der Waals surface area contributed by atoms with Gasteiger partial charge >= 0.3 is 18.2 Å². The van der Waals surface area contributed by atoms with Gasteiger partial charge in [-0.15, -0.1) is 11.5 Å². The summed E-state index contributed by atoms with van der Waals surface area (Å²) in [4.78, 5) is 62.3. The maximum absolute atomic E-state index is 14.7. The lowest BCUT2D eigenvalue weighted by Crippen LogP contribution is -2.39. The second-order valence-corrected chi connectivity index (χ2v) is 16.5. The fraction of sp³-hybridized carbons (Fsp3) is 0.263. The van der Waals surface area contributed by atoms with E-state index < -0.39 is 45.9 Å². The first-order chi connectivity index (χ1) is 29.1. The first kappa shape index (κ1) is 47.3. The number of amides is 3. The maximum atomic E-state index is 14.7. The number of carboxylic acid groups (broad SMARTS) is 1. The minimum atomic E-state index is -3.65. The number of aromatic nitrogens is 3. The Labute approximate surface area is 370 Å². The predicted molar refractivity (Wildman–Crippen MR) is 223 cm³/mol. The number of sulfonamides is 1. The van der Waals surface area contributed by atoms with Crippen molar-refractivity contribution in [3.8, 4) is 29.5 Å². The maximum Gasteiger partial charge on any atom is 0.355 e. The summed E-state index contributed by atoms with van der Waals surface area (Å²) in [6, 6.07) is 7.57. The Morgan fingerprint density at radius 1 is 0.968 bits per heavy atom. The van der Waals surface area contributed by atoms with Gasteiger partial charge in [-0.1, -0.05) is 52.3 Å². The number of terminal acetylenes is 1. The van der Waals surface area contributed by atoms with Crippen molar-refractivity contribution < 1.29 is 55.3 Å². The van der Waals surface area contributed by atoms with Gasteiger partial charge in [0.25, 0.3) is 17.7 Å². The van der Waals surface area contributed by atoms with E-state index in [1.807, 2.05) is 0 Å². The second-order valence-electron chi connectivity index (χ2n) is 13.1. The Morgan fingerprint density at radius 2 is 1.58 bits per heavy atom. The van der Waals surface area contributed by atoms with Gasteiger partial charge in [-0.3, -0.25) is 24.0 Å². The predicted octanol–water partition coefficient (Wildman–Crippen LogP) is 7.04. The number of hydrogen-bond donors (Lipinski definition) is 2. The number of rotatable bonds is 8. The number of nitrogens with one attached hydrogen (secondary N) is 1. The van der Waals surface area contributed by atoms with Crippen molar-refractivity contribution in [2.24, 2.45) is 0 Å². The SMILES string of the molecule is C#CCN1C(=O)COc2cc(F)c(N3C(=O)C4=C(CCCC4)C3=O)cc21.COc1c(Cl)ccc(Cl)c1C(=O)O.Cc1nn(-c2cc(NS(C)(=O)=O)c(Cl)cc2Cl)c(=O)n1C(F)F. The van der Waals surface area contributed by atoms with E-state index in [0.717, 1.165) is 36.1 Å². The average molecular weight is 963 g/mol. The molecule has 0 bridgehead atoms. The molecule has 3 heterocycles. The molecule has 328 valence electrons. The van der Waals surface area contributed by atoms with Gasteiger partial charge in [-0.2, -0.15) is 13.5 Å². The number of aryl methyl sites for hydroxylation is 1. The van der Waals surface area contributed by atoms with E-state index in [9.17, 15) is 45.6 Å². The Morgan fingerprint density at radius 3 is 2.10 bits per heavy atom. The van der Waals surface area contributed by atoms with E-state index in [2.05, 4.69) is 15.7 Å². The molecule has 24 heteroatoms. The largest absolute Gasteiger partial charge is 0.494 e. The molecular formula is C38H31Cl4F3N6O10S. The number of nitrogens with zero attached hydrogens (tertiary/aromatic N) is 5. The van der Waals surface area contributed by atoms with E-state index >= 15 is 0 Å². The number of hydrogen-bond acceptors (Lipinski definition) is 10. The van der Waals surface area contributed by atoms with Gasteiger partial charge in [0.15, 0.2) is 18.2 Å². The van der Waals surface area contributed by atoms with Gasteiger partial charge in [-0.05, 0) is 62.9 Å². The number of imide groups is 1. The third-order valence-electron chi connectivity index (χ3n) is 9.06. The number of benzene rings is 3. The van der Waals surface area contributed by atoms with Crippen molar-refractivity contribution in [2.75, 3.05) is 41.0 Å². The number of carbonyl (C=O) groups is 4. The molecule has 16 nitrogen and oxygen atoms in total. The molecule has 2 N–H and O–H groups in total. The van der Waals surface area contributed by atoms with Crippen LogP contribution in [0, 0.1) is 25.1 Å². The Bertz CT molecular complexity index is 2750. The molecule has 3 aliphatic rings. The summed E-state index contributed by atoms with van der Waals surface area (Å²) in [6.45, 7) is -2.11. The normalized spacial score (nSPS) is 14.6. The van der Waals surface area contributed by atoms with E-state index in [1.165, 1.54) is 43.2 Å². The molecule has 0 unspecified atom stereocenters. The highest BCUT2D eigenvalue weighted by Gasteiger charge is 2.42. The van der Waals surface area contributed by atoms with E-state index in [-0.39, 0.29) is 89.4 Å². The smallest absolute Gasteiger partial charge is 0.355 e. The molecule has 2 aliphatic heterocycles. The van der Waals surface area contributed by atoms with Crippen LogP contribution < -0.4 is 29.7 Å². The van der Waals surface area contributed by atoms with Crippen LogP contribution in [0.5, 0.6) is 11.5 Å². The van der Waals surface area contributed by atoms with Crippen LogP contribution in [0.25, 0.3) is 5.69 Å². The molecule has 62 heavy (non-hydrogen) atoms. The highest BCUT2D eigenvalue weighted by atomic mass is 35.5. The molecule has 1 aliphatic carbocycles. The number of halogens is 7. The third kappa shape index (κ3) is 9.82. The lowest BCUT2D eigenvalue weighted by atomic mass is 9.93. The molecule has 0 atom stereocenters. The fourth-order valence-corrected chi connectivity index (χ4v) is 7.97. The van der Waals surface area contributed by atoms with Gasteiger partial charge in [-0.25, -0.2) is 31.9 Å². The van der Waals surface area contributed by atoms with Crippen LogP contribution in [0.2, 0.25) is 20.1 Å². The summed E-state index contributed by atoms with van der Waals surface area (Å²) in [7, 11) is -2.31. The lowest BCUT2D eigenvalue weighted by molar-refractivity contribution is -0.121. The van der Waals surface area contributed by atoms with Crippen LogP contribution >= 0.6 is 46.4 Å². The van der Waals surface area contributed by atoms with Gasteiger partial charge in [0.2, 0.25) is 10.0 Å². The highest BCUT2D eigenvalue weighted by Crippen LogP contribution is 2.42. The molecule has 0 saturated carbocycles. The zero-order valence-corrected chi connectivity index (χ0v) is 36.1. The summed E-state index contributed by atoms with van der Waals surface area (Å²) in [5.74, 6) is -0.900. The quantitative estimate of drug-likeness (QED) is 0.136. The third-order valence-corrected chi connectivity index (χ3v) is 10.9. The molecule has 1 aromatic heterocycles. The average Bonchev–Trinajstić information content (AvgIpc) is 3.64. The van der Waals surface area contributed by atoms with Crippen molar-refractivity contribution in [1.29, 1.82) is 0 Å². The number of carbonyl (C=O) groups excluding carboxylic acids is 3. The van der Waals surface area contributed by atoms with Crippen molar-refractivity contribution in [3.05, 3.63) is 95.3 Å². The van der Waals surface area contributed by atoms with Gasteiger partial charge in [0, 0.05) is 17.2 Å². The minimum absolute atomic E-state index is 0.0170. The van der Waals surface area contributed by atoms with E-state index in [0.29, 0.717) is 28.7 Å². The van der Waals surface area contributed by atoms with Crippen LogP contribution in [-0.2, 0) is 24.4 Å². The molecular weight excluding hydrogens is 931 g/mol. The van der Waals surface area contributed by atoms with Crippen molar-refractivity contribution in [3.63, 3.8) is 0 Å². The molecule has 0 radical (unpaired) electrons. The summed E-state index contributed by atoms with van der Waals surface area (Å²) < 4.78 is 76.0. The number of methoxy groups -OCH3 is 1. The zero-order valence-electron chi connectivity index (χ0n) is 32.3. The Hall–Kier alpha value is -5.72. The zero-order chi connectivity index (χ0) is 46.0. The molecule has 7 rings (SSSR count). The van der Waals surface area contributed by atoms with Gasteiger partial charge in [0.1, 0.15) is 17.1 Å². The van der Waals surface area contributed by atoms with Crippen molar-refractivity contribution in [1.82, 2.24) is 14.3 Å². The number of ether oxygens (including phenoxy) is 2. The summed E-state index contributed by atoms with van der Waals surface area (Å²) >= 11 is 23.2. The molecule has 3 amide bonds. The molecule has 0 saturated heterocycles. The summed E-state index contributed by atoms with van der Waals surface area (Å²) in [5, 5.41) is 12.7.